The number of hydrogen-bond acceptors (Lipinski definition) is 5. The van der Waals surface area contributed by atoms with Crippen LogP contribution in [0.5, 0.6) is 0 Å². The molecule has 3 heterocycles. The standard InChI is InChI=1S/C18H16FN5O2/c19-12-2-3-13-14(11-22-15(13)10-12)16(25)17(26)23-6-8-24(9-7-23)18-20-4-1-5-21-18/h1-5,10-11,22H,6-9H2. The van der Waals surface area contributed by atoms with Crippen LogP contribution < -0.4 is 4.90 Å². The number of ketones is 1. The summed E-state index contributed by atoms with van der Waals surface area (Å²) in [5.41, 5.74) is 0.756. The molecule has 0 bridgehead atoms. The number of hydrogen-bond donors (Lipinski definition) is 1. The number of Topliss-reactive ketones (excluding diaryl/α,β-unsaturated/α-hetero) is 1. The summed E-state index contributed by atoms with van der Waals surface area (Å²) in [5.74, 6) is -0.926. The quantitative estimate of drug-likeness (QED) is 0.572. The van der Waals surface area contributed by atoms with Gasteiger partial charge in [0.1, 0.15) is 5.82 Å². The number of carbonyl (C=O) groups is 2. The molecule has 4 rings (SSSR count). The molecule has 1 aliphatic heterocycles. The Morgan fingerprint density at radius 2 is 1.81 bits per heavy atom. The minimum atomic E-state index is -0.590. The minimum absolute atomic E-state index is 0.263. The lowest BCUT2D eigenvalue weighted by atomic mass is 10.1. The van der Waals surface area contributed by atoms with Gasteiger partial charge in [-0.2, -0.15) is 0 Å². The van der Waals surface area contributed by atoms with Gasteiger partial charge in [0.25, 0.3) is 11.7 Å². The highest BCUT2D eigenvalue weighted by Crippen LogP contribution is 2.21. The van der Waals surface area contributed by atoms with Crippen LogP contribution in [-0.4, -0.2) is 57.7 Å². The third-order valence-corrected chi connectivity index (χ3v) is 4.48. The Bertz CT molecular complexity index is 964. The molecule has 1 fully saturated rings. The first-order valence-corrected chi connectivity index (χ1v) is 8.26. The van der Waals surface area contributed by atoms with Gasteiger partial charge in [0.05, 0.1) is 5.56 Å². The zero-order chi connectivity index (χ0) is 18.1. The Hall–Kier alpha value is -3.29. The molecule has 0 spiro atoms. The molecule has 1 N–H and O–H groups in total. The number of benzene rings is 1. The molecule has 0 atom stereocenters. The summed E-state index contributed by atoms with van der Waals surface area (Å²) in [6.07, 6.45) is 4.80. The molecule has 0 aliphatic carbocycles. The second-order valence-electron chi connectivity index (χ2n) is 6.05. The van der Waals surface area contributed by atoms with Crippen LogP contribution in [0, 0.1) is 5.82 Å². The largest absolute Gasteiger partial charge is 0.360 e. The maximum atomic E-state index is 13.3. The molecule has 0 radical (unpaired) electrons. The van der Waals surface area contributed by atoms with E-state index in [1.165, 1.54) is 29.3 Å². The number of aromatic amines is 1. The Labute approximate surface area is 148 Å². The molecule has 8 heteroatoms. The summed E-state index contributed by atoms with van der Waals surface area (Å²) in [4.78, 5) is 39.9. The van der Waals surface area contributed by atoms with Gasteiger partial charge in [-0.25, -0.2) is 14.4 Å². The molecule has 7 nitrogen and oxygen atoms in total. The molecule has 0 unspecified atom stereocenters. The average molecular weight is 353 g/mol. The lowest BCUT2D eigenvalue weighted by Crippen LogP contribution is -2.51. The predicted octanol–water partition coefficient (Wildman–Crippen LogP) is 1.63. The number of H-pyrrole nitrogens is 1. The summed E-state index contributed by atoms with van der Waals surface area (Å²) in [6, 6.07) is 5.83. The fraction of sp³-hybridized carbons (Fsp3) is 0.222. The number of nitrogens with one attached hydrogen (secondary N) is 1. The molecule has 1 aliphatic rings. The van der Waals surface area contributed by atoms with Crippen LogP contribution in [-0.2, 0) is 4.79 Å². The summed E-state index contributed by atoms with van der Waals surface area (Å²) in [7, 11) is 0. The summed E-state index contributed by atoms with van der Waals surface area (Å²) in [5, 5.41) is 0.543. The number of aromatic nitrogens is 3. The van der Waals surface area contributed by atoms with Gasteiger partial charge < -0.3 is 14.8 Å². The van der Waals surface area contributed by atoms with Crippen LogP contribution in [0.15, 0.2) is 42.9 Å². The van der Waals surface area contributed by atoms with E-state index in [1.807, 2.05) is 4.90 Å². The van der Waals surface area contributed by atoms with E-state index in [9.17, 15) is 14.0 Å². The maximum Gasteiger partial charge on any atom is 0.295 e. The lowest BCUT2D eigenvalue weighted by Gasteiger charge is -2.34. The zero-order valence-electron chi connectivity index (χ0n) is 13.9. The fourth-order valence-electron chi connectivity index (χ4n) is 3.11. The third kappa shape index (κ3) is 2.90. The Morgan fingerprint density at radius 1 is 1.08 bits per heavy atom. The smallest absolute Gasteiger partial charge is 0.295 e. The Kier molecular flexibility index (Phi) is 4.08. The molecular weight excluding hydrogens is 337 g/mol. The lowest BCUT2D eigenvalue weighted by molar-refractivity contribution is -0.126. The predicted molar refractivity (Wildman–Crippen MR) is 93.4 cm³/mol. The fourth-order valence-corrected chi connectivity index (χ4v) is 3.11. The second kappa shape index (κ2) is 6.55. The van der Waals surface area contributed by atoms with E-state index in [1.54, 1.807) is 18.5 Å². The first kappa shape index (κ1) is 16.2. The van der Waals surface area contributed by atoms with E-state index in [-0.39, 0.29) is 5.56 Å². The number of nitrogens with zero attached hydrogens (tertiary/aromatic N) is 4. The monoisotopic (exact) mass is 353 g/mol. The molecule has 132 valence electrons. The highest BCUT2D eigenvalue weighted by atomic mass is 19.1. The van der Waals surface area contributed by atoms with Crippen LogP contribution in [0.25, 0.3) is 10.9 Å². The van der Waals surface area contributed by atoms with Gasteiger partial charge >= 0.3 is 0 Å². The van der Waals surface area contributed by atoms with Crippen molar-refractivity contribution in [3.8, 4) is 0 Å². The van der Waals surface area contributed by atoms with Crippen molar-refractivity contribution in [3.05, 3.63) is 54.2 Å². The van der Waals surface area contributed by atoms with E-state index >= 15 is 0 Å². The van der Waals surface area contributed by atoms with E-state index in [2.05, 4.69) is 15.0 Å². The van der Waals surface area contributed by atoms with Crippen molar-refractivity contribution in [3.63, 3.8) is 0 Å². The van der Waals surface area contributed by atoms with Crippen LogP contribution >= 0.6 is 0 Å². The van der Waals surface area contributed by atoms with Crippen molar-refractivity contribution in [1.29, 1.82) is 0 Å². The van der Waals surface area contributed by atoms with E-state index < -0.39 is 17.5 Å². The Morgan fingerprint density at radius 3 is 2.54 bits per heavy atom. The van der Waals surface area contributed by atoms with Gasteiger partial charge in [0, 0.05) is 55.7 Å². The number of halogens is 1. The van der Waals surface area contributed by atoms with Crippen molar-refractivity contribution >= 4 is 28.5 Å². The van der Waals surface area contributed by atoms with Gasteiger partial charge in [-0.05, 0) is 24.3 Å². The zero-order valence-corrected chi connectivity index (χ0v) is 13.9. The molecular formula is C18H16FN5O2. The molecule has 1 amide bonds. The van der Waals surface area contributed by atoms with E-state index in [4.69, 9.17) is 0 Å². The van der Waals surface area contributed by atoms with Crippen LogP contribution in [0.3, 0.4) is 0 Å². The molecule has 1 saturated heterocycles. The molecule has 1 aromatic carbocycles. The highest BCUT2D eigenvalue weighted by Gasteiger charge is 2.29. The van der Waals surface area contributed by atoms with Gasteiger partial charge in [0.2, 0.25) is 5.95 Å². The summed E-state index contributed by atoms with van der Waals surface area (Å²) in [6.45, 7) is 1.95. The number of piperazine rings is 1. The van der Waals surface area contributed by atoms with Crippen molar-refractivity contribution < 1.29 is 14.0 Å². The normalized spacial score (nSPS) is 14.7. The minimum Gasteiger partial charge on any atom is -0.360 e. The van der Waals surface area contributed by atoms with Gasteiger partial charge in [-0.15, -0.1) is 0 Å². The SMILES string of the molecule is O=C(C(=O)N1CCN(c2ncccn2)CC1)c1c[nH]c2cc(F)ccc12. The topological polar surface area (TPSA) is 82.2 Å². The highest BCUT2D eigenvalue weighted by molar-refractivity contribution is 6.44. The van der Waals surface area contributed by atoms with Crippen LogP contribution in [0.2, 0.25) is 0 Å². The average Bonchev–Trinajstić information content (AvgIpc) is 3.10. The third-order valence-electron chi connectivity index (χ3n) is 4.48. The van der Waals surface area contributed by atoms with Crippen LogP contribution in [0.4, 0.5) is 10.3 Å². The van der Waals surface area contributed by atoms with Crippen molar-refractivity contribution in [2.75, 3.05) is 31.1 Å². The van der Waals surface area contributed by atoms with E-state index in [0.29, 0.717) is 43.0 Å². The number of anilines is 1. The van der Waals surface area contributed by atoms with Gasteiger partial charge in [-0.3, -0.25) is 9.59 Å². The second-order valence-corrected chi connectivity index (χ2v) is 6.05. The number of fused-ring (bicyclic) bond motifs is 1. The molecule has 2 aromatic heterocycles. The first-order chi connectivity index (χ1) is 12.6. The maximum absolute atomic E-state index is 13.3. The van der Waals surface area contributed by atoms with Crippen molar-refractivity contribution in [1.82, 2.24) is 19.9 Å². The van der Waals surface area contributed by atoms with Crippen molar-refractivity contribution in [2.24, 2.45) is 0 Å². The summed E-state index contributed by atoms with van der Waals surface area (Å²) >= 11 is 0. The van der Waals surface area contributed by atoms with Gasteiger partial charge in [-0.1, -0.05) is 0 Å². The number of amides is 1. The number of carbonyl (C=O) groups excluding carboxylic acids is 2. The first-order valence-electron chi connectivity index (χ1n) is 8.26. The molecule has 26 heavy (non-hydrogen) atoms. The number of rotatable bonds is 3. The van der Waals surface area contributed by atoms with Crippen LogP contribution in [0.1, 0.15) is 10.4 Å². The molecule has 0 saturated carbocycles. The summed E-state index contributed by atoms with van der Waals surface area (Å²) < 4.78 is 13.3. The molecule has 3 aromatic rings. The van der Waals surface area contributed by atoms with Crippen molar-refractivity contribution in [2.45, 2.75) is 0 Å². The Balaban J connectivity index is 1.47. The van der Waals surface area contributed by atoms with Gasteiger partial charge in [0.15, 0.2) is 0 Å². The van der Waals surface area contributed by atoms with E-state index in [0.717, 1.165) is 0 Å².